The van der Waals surface area contributed by atoms with E-state index in [4.69, 9.17) is 5.11 Å². The second-order valence-electron chi connectivity index (χ2n) is 5.35. The van der Waals surface area contributed by atoms with Gasteiger partial charge < -0.3 is 5.11 Å². The quantitative estimate of drug-likeness (QED) is 0.797. The van der Waals surface area contributed by atoms with Crippen molar-refractivity contribution in [3.63, 3.8) is 0 Å². The lowest BCUT2D eigenvalue weighted by molar-refractivity contribution is 0.203. The molecule has 1 fully saturated rings. The van der Waals surface area contributed by atoms with Crippen molar-refractivity contribution < 1.29 is 13.5 Å². The van der Waals surface area contributed by atoms with Crippen molar-refractivity contribution >= 4 is 10.0 Å². The highest BCUT2D eigenvalue weighted by molar-refractivity contribution is 7.89. The van der Waals surface area contributed by atoms with Crippen LogP contribution in [0.5, 0.6) is 0 Å². The molecule has 1 rings (SSSR count). The zero-order valence-corrected chi connectivity index (χ0v) is 11.1. The van der Waals surface area contributed by atoms with E-state index in [1.165, 1.54) is 0 Å². The first kappa shape index (κ1) is 13.9. The maximum Gasteiger partial charge on any atom is 0.214 e. The van der Waals surface area contributed by atoms with Crippen LogP contribution < -0.4 is 0 Å². The summed E-state index contributed by atoms with van der Waals surface area (Å²) in [6, 6.07) is 0. The van der Waals surface area contributed by atoms with E-state index >= 15 is 0 Å². The summed E-state index contributed by atoms with van der Waals surface area (Å²) in [5.41, 5.74) is -0.0485. The van der Waals surface area contributed by atoms with E-state index in [-0.39, 0.29) is 12.0 Å². The molecule has 0 aromatic rings. The molecule has 0 spiro atoms. The van der Waals surface area contributed by atoms with Crippen molar-refractivity contribution in [2.24, 2.45) is 5.41 Å². The van der Waals surface area contributed by atoms with Gasteiger partial charge in [-0.15, -0.1) is 0 Å². The van der Waals surface area contributed by atoms with Gasteiger partial charge in [0.05, 0.1) is 5.75 Å². The Morgan fingerprint density at radius 1 is 1.31 bits per heavy atom. The molecule has 0 aromatic carbocycles. The minimum atomic E-state index is -3.01. The summed E-state index contributed by atoms with van der Waals surface area (Å²) in [7, 11) is -3.01. The van der Waals surface area contributed by atoms with Crippen molar-refractivity contribution in [2.45, 2.75) is 39.5 Å². The Hall–Kier alpha value is -0.130. The zero-order chi connectivity index (χ0) is 12.2. The average Bonchev–Trinajstić information content (AvgIpc) is 2.18. The van der Waals surface area contributed by atoms with Crippen molar-refractivity contribution in [2.75, 3.05) is 25.4 Å². The van der Waals surface area contributed by atoms with E-state index in [2.05, 4.69) is 13.8 Å². The van der Waals surface area contributed by atoms with Gasteiger partial charge in [-0.25, -0.2) is 12.7 Å². The standard InChI is InChI=1S/C11H23NO3S/c1-11(2,6-5-8-13)10-12-7-3-4-9-16(12,14)15/h13H,3-10H2,1-2H3. The van der Waals surface area contributed by atoms with E-state index in [1.807, 2.05) is 0 Å². The SMILES string of the molecule is CC(C)(CCCO)CN1CCCCS1(=O)=O. The van der Waals surface area contributed by atoms with Crippen LogP contribution in [0.25, 0.3) is 0 Å². The maximum atomic E-state index is 11.8. The van der Waals surface area contributed by atoms with Gasteiger partial charge in [-0.2, -0.15) is 0 Å². The molecule has 1 saturated heterocycles. The Balaban J connectivity index is 2.57. The van der Waals surface area contributed by atoms with Gasteiger partial charge in [0, 0.05) is 19.7 Å². The second-order valence-corrected chi connectivity index (χ2v) is 7.44. The molecule has 0 amide bonds. The summed E-state index contributed by atoms with van der Waals surface area (Å²) in [5, 5.41) is 8.81. The minimum Gasteiger partial charge on any atom is -0.396 e. The van der Waals surface area contributed by atoms with E-state index in [1.54, 1.807) is 4.31 Å². The van der Waals surface area contributed by atoms with Gasteiger partial charge in [-0.05, 0) is 31.1 Å². The lowest BCUT2D eigenvalue weighted by Gasteiger charge is -2.34. The molecule has 1 aliphatic rings. The van der Waals surface area contributed by atoms with Crippen LogP contribution in [-0.2, 0) is 10.0 Å². The fourth-order valence-corrected chi connectivity index (χ4v) is 3.91. The number of sulfonamides is 1. The first-order valence-electron chi connectivity index (χ1n) is 5.96. The maximum absolute atomic E-state index is 11.8. The largest absolute Gasteiger partial charge is 0.396 e. The molecule has 1 N–H and O–H groups in total. The van der Waals surface area contributed by atoms with Gasteiger partial charge in [-0.1, -0.05) is 13.8 Å². The monoisotopic (exact) mass is 249 g/mol. The highest BCUT2D eigenvalue weighted by atomic mass is 32.2. The summed E-state index contributed by atoms with van der Waals surface area (Å²) in [5.74, 6) is 0.295. The van der Waals surface area contributed by atoms with Crippen molar-refractivity contribution in [1.82, 2.24) is 4.31 Å². The van der Waals surface area contributed by atoms with Gasteiger partial charge in [0.15, 0.2) is 0 Å². The van der Waals surface area contributed by atoms with Gasteiger partial charge >= 0.3 is 0 Å². The first-order valence-corrected chi connectivity index (χ1v) is 7.57. The number of hydrogen-bond donors (Lipinski definition) is 1. The van der Waals surface area contributed by atoms with E-state index in [9.17, 15) is 8.42 Å². The molecule has 0 aliphatic carbocycles. The Morgan fingerprint density at radius 2 is 2.00 bits per heavy atom. The Labute approximate surface area is 98.7 Å². The summed E-state index contributed by atoms with van der Waals surface area (Å²) < 4.78 is 25.2. The van der Waals surface area contributed by atoms with Crippen LogP contribution in [0.4, 0.5) is 0 Å². The van der Waals surface area contributed by atoms with Crippen molar-refractivity contribution in [1.29, 1.82) is 0 Å². The lowest BCUT2D eigenvalue weighted by atomic mass is 9.88. The van der Waals surface area contributed by atoms with Crippen LogP contribution in [0.15, 0.2) is 0 Å². The topological polar surface area (TPSA) is 57.6 Å². The molecule has 5 heteroatoms. The lowest BCUT2D eigenvalue weighted by Crippen LogP contribution is -2.43. The predicted molar refractivity (Wildman–Crippen MR) is 64.7 cm³/mol. The van der Waals surface area contributed by atoms with Crippen molar-refractivity contribution in [3.8, 4) is 0 Å². The van der Waals surface area contributed by atoms with Gasteiger partial charge in [0.1, 0.15) is 0 Å². The fraction of sp³-hybridized carbons (Fsp3) is 1.00. The molecule has 4 nitrogen and oxygen atoms in total. The number of rotatable bonds is 5. The third kappa shape index (κ3) is 4.03. The molecular weight excluding hydrogens is 226 g/mol. The van der Waals surface area contributed by atoms with Crippen LogP contribution in [0.3, 0.4) is 0 Å². The minimum absolute atomic E-state index is 0.0485. The number of aliphatic hydroxyl groups is 1. The van der Waals surface area contributed by atoms with Gasteiger partial charge in [0.2, 0.25) is 10.0 Å². The Kier molecular flexibility index (Phi) is 4.76. The van der Waals surface area contributed by atoms with Crippen LogP contribution >= 0.6 is 0 Å². The summed E-state index contributed by atoms with van der Waals surface area (Å²) in [6.07, 6.45) is 3.35. The third-order valence-corrected chi connectivity index (χ3v) is 4.97. The van der Waals surface area contributed by atoms with E-state index in [0.717, 1.165) is 25.7 Å². The number of hydrogen-bond acceptors (Lipinski definition) is 3. The molecule has 96 valence electrons. The zero-order valence-electron chi connectivity index (χ0n) is 10.3. The normalized spacial score (nSPS) is 22.2. The van der Waals surface area contributed by atoms with Crippen LogP contribution in [0, 0.1) is 5.41 Å². The van der Waals surface area contributed by atoms with Gasteiger partial charge in [-0.3, -0.25) is 0 Å². The summed E-state index contributed by atoms with van der Waals surface area (Å²) >= 11 is 0. The summed E-state index contributed by atoms with van der Waals surface area (Å²) in [6.45, 7) is 5.54. The molecule has 0 saturated carbocycles. The molecule has 0 unspecified atom stereocenters. The van der Waals surface area contributed by atoms with Crippen LogP contribution in [0.1, 0.15) is 39.5 Å². The molecule has 1 aliphatic heterocycles. The fourth-order valence-electron chi connectivity index (χ4n) is 2.13. The molecule has 0 bridgehead atoms. The molecule has 1 heterocycles. The molecule has 0 aromatic heterocycles. The number of nitrogens with zero attached hydrogens (tertiary/aromatic N) is 1. The summed E-state index contributed by atoms with van der Waals surface area (Å²) in [4.78, 5) is 0. The number of aliphatic hydroxyl groups excluding tert-OH is 1. The van der Waals surface area contributed by atoms with Crippen LogP contribution in [-0.4, -0.2) is 43.3 Å². The molecule has 0 radical (unpaired) electrons. The second kappa shape index (κ2) is 5.47. The Morgan fingerprint density at radius 3 is 2.56 bits per heavy atom. The van der Waals surface area contributed by atoms with Gasteiger partial charge in [0.25, 0.3) is 0 Å². The third-order valence-electron chi connectivity index (χ3n) is 3.07. The average molecular weight is 249 g/mol. The highest BCUT2D eigenvalue weighted by Gasteiger charge is 2.30. The highest BCUT2D eigenvalue weighted by Crippen LogP contribution is 2.26. The Bertz CT molecular complexity index is 311. The van der Waals surface area contributed by atoms with E-state index in [0.29, 0.717) is 18.8 Å². The predicted octanol–water partition coefficient (Wildman–Crippen LogP) is 1.21. The van der Waals surface area contributed by atoms with Crippen molar-refractivity contribution in [3.05, 3.63) is 0 Å². The first-order chi connectivity index (χ1) is 7.37. The molecule has 16 heavy (non-hydrogen) atoms. The molecule has 0 atom stereocenters. The molecular formula is C11H23NO3S. The van der Waals surface area contributed by atoms with Crippen LogP contribution in [0.2, 0.25) is 0 Å². The smallest absolute Gasteiger partial charge is 0.214 e. The van der Waals surface area contributed by atoms with E-state index < -0.39 is 10.0 Å².